The van der Waals surface area contributed by atoms with Gasteiger partial charge in [0.15, 0.2) is 0 Å². The Morgan fingerprint density at radius 1 is 1.35 bits per heavy atom. The van der Waals surface area contributed by atoms with Crippen LogP contribution in [0.25, 0.3) is 0 Å². The SMILES string of the molecule is Nc1nc(NCc2nc(C(F)(F)F)n[nH]2)cc([C@H]2CCOC2)n1. The molecule has 0 bridgehead atoms. The molecule has 0 saturated carbocycles. The van der Waals surface area contributed by atoms with Gasteiger partial charge in [0.05, 0.1) is 18.8 Å². The minimum atomic E-state index is -4.58. The summed E-state index contributed by atoms with van der Waals surface area (Å²) < 4.78 is 42.6. The highest BCUT2D eigenvalue weighted by Gasteiger charge is 2.36. The second-order valence-corrected chi connectivity index (χ2v) is 5.05. The van der Waals surface area contributed by atoms with Crippen LogP contribution in [0, 0.1) is 0 Å². The van der Waals surface area contributed by atoms with Gasteiger partial charge in [0.25, 0.3) is 5.82 Å². The van der Waals surface area contributed by atoms with Crippen LogP contribution in [0.5, 0.6) is 0 Å². The number of aromatic nitrogens is 5. The van der Waals surface area contributed by atoms with Gasteiger partial charge in [-0.1, -0.05) is 0 Å². The van der Waals surface area contributed by atoms with Crippen molar-refractivity contribution in [3.05, 3.63) is 23.4 Å². The summed E-state index contributed by atoms with van der Waals surface area (Å²) in [4.78, 5) is 11.5. The Balaban J connectivity index is 1.69. The van der Waals surface area contributed by atoms with E-state index < -0.39 is 12.0 Å². The van der Waals surface area contributed by atoms with Crippen LogP contribution in [0.4, 0.5) is 24.9 Å². The summed E-state index contributed by atoms with van der Waals surface area (Å²) in [7, 11) is 0. The lowest BCUT2D eigenvalue weighted by atomic mass is 10.0. The third-order valence-corrected chi connectivity index (χ3v) is 3.33. The summed E-state index contributed by atoms with van der Waals surface area (Å²) in [5.74, 6) is -0.529. The van der Waals surface area contributed by atoms with E-state index in [0.29, 0.717) is 19.0 Å². The van der Waals surface area contributed by atoms with Crippen LogP contribution >= 0.6 is 0 Å². The number of anilines is 2. The van der Waals surface area contributed by atoms with Gasteiger partial charge in [-0.15, -0.1) is 5.10 Å². The molecule has 1 aliphatic rings. The topological polar surface area (TPSA) is 115 Å². The van der Waals surface area contributed by atoms with Gasteiger partial charge in [-0.05, 0) is 6.42 Å². The van der Waals surface area contributed by atoms with Gasteiger partial charge in [0.1, 0.15) is 11.6 Å². The highest BCUT2D eigenvalue weighted by atomic mass is 19.4. The van der Waals surface area contributed by atoms with Crippen LogP contribution in [-0.2, 0) is 17.5 Å². The van der Waals surface area contributed by atoms with Crippen LogP contribution in [-0.4, -0.2) is 38.4 Å². The third kappa shape index (κ3) is 3.67. The van der Waals surface area contributed by atoms with Crippen LogP contribution in [0.1, 0.15) is 29.7 Å². The number of hydrogen-bond donors (Lipinski definition) is 3. The number of halogens is 3. The number of alkyl halides is 3. The summed E-state index contributed by atoms with van der Waals surface area (Å²) in [5.41, 5.74) is 6.41. The molecule has 0 amide bonds. The number of ether oxygens (including phenoxy) is 1. The van der Waals surface area contributed by atoms with E-state index in [4.69, 9.17) is 10.5 Å². The molecule has 1 atom stereocenters. The first-order valence-corrected chi connectivity index (χ1v) is 6.86. The summed E-state index contributed by atoms with van der Waals surface area (Å²) in [6.07, 6.45) is -3.74. The van der Waals surface area contributed by atoms with Crippen molar-refractivity contribution in [3.63, 3.8) is 0 Å². The predicted molar refractivity (Wildman–Crippen MR) is 73.3 cm³/mol. The molecule has 2 aromatic heterocycles. The summed E-state index contributed by atoms with van der Waals surface area (Å²) in [6, 6.07) is 1.71. The lowest BCUT2D eigenvalue weighted by Gasteiger charge is -2.10. The Hall–Kier alpha value is -2.43. The molecule has 0 spiro atoms. The third-order valence-electron chi connectivity index (χ3n) is 3.33. The molecule has 3 rings (SSSR count). The number of H-pyrrole nitrogens is 1. The molecule has 0 radical (unpaired) electrons. The van der Waals surface area contributed by atoms with Gasteiger partial charge in [-0.25, -0.2) is 9.97 Å². The molecule has 23 heavy (non-hydrogen) atoms. The lowest BCUT2D eigenvalue weighted by Crippen LogP contribution is -2.10. The van der Waals surface area contributed by atoms with Crippen molar-refractivity contribution >= 4 is 11.8 Å². The molecular weight excluding hydrogens is 315 g/mol. The lowest BCUT2D eigenvalue weighted by molar-refractivity contribution is -0.144. The fourth-order valence-corrected chi connectivity index (χ4v) is 2.23. The van der Waals surface area contributed by atoms with Crippen molar-refractivity contribution in [2.75, 3.05) is 24.3 Å². The quantitative estimate of drug-likeness (QED) is 0.774. The molecule has 3 heterocycles. The molecule has 1 saturated heterocycles. The maximum atomic E-state index is 12.4. The molecule has 0 aromatic carbocycles. The highest BCUT2D eigenvalue weighted by Crippen LogP contribution is 2.26. The average Bonchev–Trinajstić information content (AvgIpc) is 3.15. The van der Waals surface area contributed by atoms with Gasteiger partial charge in [0, 0.05) is 18.6 Å². The smallest absolute Gasteiger partial charge is 0.381 e. The van der Waals surface area contributed by atoms with Crippen LogP contribution in [0.3, 0.4) is 0 Å². The normalized spacial score (nSPS) is 18.3. The van der Waals surface area contributed by atoms with E-state index >= 15 is 0 Å². The number of hydrogen-bond acceptors (Lipinski definition) is 7. The average molecular weight is 329 g/mol. The van der Waals surface area contributed by atoms with Gasteiger partial charge in [-0.2, -0.15) is 18.2 Å². The number of aromatic amines is 1. The number of nitrogens with zero attached hydrogens (tertiary/aromatic N) is 4. The first-order valence-electron chi connectivity index (χ1n) is 6.86. The Morgan fingerprint density at radius 3 is 2.83 bits per heavy atom. The van der Waals surface area contributed by atoms with Crippen LogP contribution in [0.2, 0.25) is 0 Å². The van der Waals surface area contributed by atoms with Crippen molar-refractivity contribution in [1.29, 1.82) is 0 Å². The molecule has 0 aliphatic carbocycles. The molecule has 1 aliphatic heterocycles. The Morgan fingerprint density at radius 2 is 2.17 bits per heavy atom. The number of rotatable bonds is 4. The first kappa shape index (κ1) is 15.5. The van der Waals surface area contributed by atoms with Crippen molar-refractivity contribution in [3.8, 4) is 0 Å². The van der Waals surface area contributed by atoms with E-state index in [2.05, 4.69) is 30.5 Å². The van der Waals surface area contributed by atoms with Crippen molar-refractivity contribution in [2.45, 2.75) is 25.1 Å². The zero-order valence-electron chi connectivity index (χ0n) is 11.9. The number of nitrogens with one attached hydrogen (secondary N) is 2. The molecule has 8 nitrogen and oxygen atoms in total. The van der Waals surface area contributed by atoms with E-state index in [-0.39, 0.29) is 24.2 Å². The standard InChI is InChI=1S/C12H14F3N7O/c13-12(14,15)10-19-9(21-22-10)4-17-8-3-7(18-11(16)20-8)6-1-2-23-5-6/h3,6H,1-2,4-5H2,(H,19,21,22)(H3,16,17,18,20)/t6-/m0/s1. The van der Waals surface area contributed by atoms with Crippen molar-refractivity contribution < 1.29 is 17.9 Å². The van der Waals surface area contributed by atoms with E-state index in [9.17, 15) is 13.2 Å². The molecular formula is C12H14F3N7O. The summed E-state index contributed by atoms with van der Waals surface area (Å²) in [5, 5.41) is 8.21. The molecule has 0 unspecified atom stereocenters. The molecule has 4 N–H and O–H groups in total. The number of nitrogen functional groups attached to an aromatic ring is 1. The largest absolute Gasteiger partial charge is 0.453 e. The van der Waals surface area contributed by atoms with Gasteiger partial charge < -0.3 is 15.8 Å². The second kappa shape index (κ2) is 5.99. The van der Waals surface area contributed by atoms with Gasteiger partial charge in [-0.3, -0.25) is 5.10 Å². The maximum absolute atomic E-state index is 12.4. The molecule has 1 fully saturated rings. The predicted octanol–water partition coefficient (Wildman–Crippen LogP) is 1.31. The summed E-state index contributed by atoms with van der Waals surface area (Å²) in [6.45, 7) is 1.22. The van der Waals surface area contributed by atoms with Gasteiger partial charge in [0.2, 0.25) is 5.95 Å². The minimum Gasteiger partial charge on any atom is -0.381 e. The van der Waals surface area contributed by atoms with E-state index in [1.165, 1.54) is 0 Å². The Bertz CT molecular complexity index is 682. The maximum Gasteiger partial charge on any atom is 0.453 e. The van der Waals surface area contributed by atoms with Crippen molar-refractivity contribution in [1.82, 2.24) is 25.1 Å². The van der Waals surface area contributed by atoms with Crippen LogP contribution < -0.4 is 11.1 Å². The van der Waals surface area contributed by atoms with Gasteiger partial charge >= 0.3 is 6.18 Å². The van der Waals surface area contributed by atoms with E-state index in [1.807, 2.05) is 0 Å². The fourth-order valence-electron chi connectivity index (χ4n) is 2.23. The monoisotopic (exact) mass is 329 g/mol. The van der Waals surface area contributed by atoms with E-state index in [1.54, 1.807) is 6.07 Å². The zero-order chi connectivity index (χ0) is 16.4. The zero-order valence-corrected chi connectivity index (χ0v) is 11.9. The first-order chi connectivity index (χ1) is 10.9. The van der Waals surface area contributed by atoms with E-state index in [0.717, 1.165) is 12.1 Å². The second-order valence-electron chi connectivity index (χ2n) is 5.05. The minimum absolute atomic E-state index is 0.000139. The Labute approximate surface area is 128 Å². The molecule has 2 aromatic rings. The summed E-state index contributed by atoms with van der Waals surface area (Å²) >= 11 is 0. The van der Waals surface area contributed by atoms with Crippen LogP contribution in [0.15, 0.2) is 6.07 Å². The molecule has 124 valence electrons. The Kier molecular flexibility index (Phi) is 4.03. The fraction of sp³-hybridized carbons (Fsp3) is 0.500. The number of nitrogens with two attached hydrogens (primary N) is 1. The molecule has 11 heteroatoms. The van der Waals surface area contributed by atoms with Crippen molar-refractivity contribution in [2.24, 2.45) is 0 Å². The highest BCUT2D eigenvalue weighted by molar-refractivity contribution is 5.41.